The van der Waals surface area contributed by atoms with Gasteiger partial charge in [0.15, 0.2) is 11.4 Å². The number of nitrogens with zero attached hydrogens (tertiary/aromatic N) is 7. The average molecular weight is 388 g/mol. The highest BCUT2D eigenvalue weighted by Crippen LogP contribution is 2.19. The van der Waals surface area contributed by atoms with Crippen LogP contribution in [0, 0.1) is 11.3 Å². The molecule has 10 heteroatoms. The molecule has 0 aliphatic rings. The third-order valence-electron chi connectivity index (χ3n) is 4.19. The molecule has 0 saturated heterocycles. The fourth-order valence-corrected chi connectivity index (χ4v) is 2.84. The second-order valence-electron chi connectivity index (χ2n) is 6.18. The molecular weight excluding hydrogens is 372 g/mol. The molecule has 0 fully saturated rings. The van der Waals surface area contributed by atoms with Crippen molar-refractivity contribution < 1.29 is 9.21 Å². The molecule has 0 radical (unpaired) electrons. The van der Waals surface area contributed by atoms with Gasteiger partial charge in [0, 0.05) is 31.5 Å². The van der Waals surface area contributed by atoms with Crippen molar-refractivity contribution >= 4 is 17.5 Å². The van der Waals surface area contributed by atoms with E-state index in [0.29, 0.717) is 23.8 Å². The van der Waals surface area contributed by atoms with Gasteiger partial charge in [-0.3, -0.25) is 9.78 Å². The van der Waals surface area contributed by atoms with Crippen LogP contribution < -0.4 is 5.73 Å². The molecule has 10 nitrogen and oxygen atoms in total. The van der Waals surface area contributed by atoms with Gasteiger partial charge in [0.1, 0.15) is 5.69 Å². The van der Waals surface area contributed by atoms with Gasteiger partial charge in [0.25, 0.3) is 5.91 Å². The van der Waals surface area contributed by atoms with E-state index in [1.165, 1.54) is 21.7 Å². The molecule has 4 rings (SSSR count). The van der Waals surface area contributed by atoms with Gasteiger partial charge < -0.3 is 15.1 Å². The maximum atomic E-state index is 13.1. The lowest BCUT2D eigenvalue weighted by Crippen LogP contribution is -2.32. The number of hydrogen-bond donors (Lipinski definition) is 1. The average Bonchev–Trinajstić information content (AvgIpc) is 3.41. The van der Waals surface area contributed by atoms with Gasteiger partial charge in [-0.15, -0.1) is 5.10 Å². The highest BCUT2D eigenvalue weighted by Gasteiger charge is 2.21. The van der Waals surface area contributed by atoms with Gasteiger partial charge in [-0.2, -0.15) is 9.78 Å². The van der Waals surface area contributed by atoms with Crippen LogP contribution >= 0.6 is 0 Å². The molecule has 4 aromatic heterocycles. The molecule has 0 aromatic carbocycles. The van der Waals surface area contributed by atoms with Gasteiger partial charge in [0.05, 0.1) is 18.8 Å². The largest absolute Gasteiger partial charge is 0.461 e. The number of furan rings is 1. The number of anilines is 1. The number of carbonyl (C=O) groups is 1. The fourth-order valence-electron chi connectivity index (χ4n) is 2.84. The van der Waals surface area contributed by atoms with Crippen LogP contribution in [0.5, 0.6) is 0 Å². The predicted molar refractivity (Wildman–Crippen MR) is 102 cm³/mol. The first-order valence-corrected chi connectivity index (χ1v) is 8.78. The standard InChI is InChI=1S/C19H16N8O2/c20-6-3-8-26(12-13-4-1-7-22-11-13)18(28)14-10-16-24-17(15-5-2-9-29-15)25-27(16)19(21)23-14/h1-2,4-5,7,9-11H,3,8,12H2,(H2,21,23). The molecule has 0 bridgehead atoms. The fraction of sp³-hybridized carbons (Fsp3) is 0.158. The first-order chi connectivity index (χ1) is 14.2. The van der Waals surface area contributed by atoms with E-state index >= 15 is 0 Å². The van der Waals surface area contributed by atoms with Crippen molar-refractivity contribution in [2.75, 3.05) is 12.3 Å². The third kappa shape index (κ3) is 3.74. The van der Waals surface area contributed by atoms with Crippen LogP contribution in [0.15, 0.2) is 53.4 Å². The van der Waals surface area contributed by atoms with Crippen LogP contribution in [0.4, 0.5) is 5.95 Å². The van der Waals surface area contributed by atoms with Crippen molar-refractivity contribution in [1.29, 1.82) is 5.26 Å². The zero-order chi connectivity index (χ0) is 20.2. The summed E-state index contributed by atoms with van der Waals surface area (Å²) in [5.41, 5.74) is 7.33. The molecule has 1 amide bonds. The Morgan fingerprint density at radius 3 is 2.93 bits per heavy atom. The Morgan fingerprint density at radius 2 is 2.21 bits per heavy atom. The van der Waals surface area contributed by atoms with Crippen LogP contribution in [0.1, 0.15) is 22.5 Å². The molecule has 0 saturated carbocycles. The molecule has 0 spiro atoms. The van der Waals surface area contributed by atoms with E-state index in [1.807, 2.05) is 6.07 Å². The quantitative estimate of drug-likeness (QED) is 0.528. The molecule has 29 heavy (non-hydrogen) atoms. The Labute approximate surface area is 165 Å². The Balaban J connectivity index is 1.67. The minimum atomic E-state index is -0.360. The van der Waals surface area contributed by atoms with Gasteiger partial charge >= 0.3 is 0 Å². The Bertz CT molecular complexity index is 1180. The number of aromatic nitrogens is 5. The van der Waals surface area contributed by atoms with Crippen LogP contribution in [0.25, 0.3) is 17.2 Å². The van der Waals surface area contributed by atoms with Gasteiger partial charge in [0.2, 0.25) is 11.8 Å². The smallest absolute Gasteiger partial charge is 0.273 e. The van der Waals surface area contributed by atoms with Crippen molar-refractivity contribution in [1.82, 2.24) is 29.5 Å². The summed E-state index contributed by atoms with van der Waals surface area (Å²) >= 11 is 0. The maximum absolute atomic E-state index is 13.1. The summed E-state index contributed by atoms with van der Waals surface area (Å²) in [5, 5.41) is 13.2. The van der Waals surface area contributed by atoms with Crippen molar-refractivity contribution in [2.45, 2.75) is 13.0 Å². The topological polar surface area (TPSA) is 139 Å². The van der Waals surface area contributed by atoms with E-state index in [2.05, 4.69) is 26.1 Å². The highest BCUT2D eigenvalue weighted by atomic mass is 16.3. The zero-order valence-corrected chi connectivity index (χ0v) is 15.3. The van der Waals surface area contributed by atoms with E-state index < -0.39 is 0 Å². The number of rotatable bonds is 6. The molecular formula is C19H16N8O2. The first-order valence-electron chi connectivity index (χ1n) is 8.78. The number of pyridine rings is 1. The van der Waals surface area contributed by atoms with Crippen molar-refractivity contribution in [3.63, 3.8) is 0 Å². The molecule has 0 aliphatic carbocycles. The monoisotopic (exact) mass is 388 g/mol. The molecule has 144 valence electrons. The number of nitrogen functional groups attached to an aromatic ring is 1. The van der Waals surface area contributed by atoms with Crippen LogP contribution in [0.2, 0.25) is 0 Å². The molecule has 0 aliphatic heterocycles. The van der Waals surface area contributed by atoms with Crippen LogP contribution in [0.3, 0.4) is 0 Å². The summed E-state index contributed by atoms with van der Waals surface area (Å²) in [6.45, 7) is 0.548. The maximum Gasteiger partial charge on any atom is 0.273 e. The van der Waals surface area contributed by atoms with E-state index in [-0.39, 0.29) is 30.5 Å². The van der Waals surface area contributed by atoms with Gasteiger partial charge in [-0.05, 0) is 23.8 Å². The molecule has 0 atom stereocenters. The lowest BCUT2D eigenvalue weighted by molar-refractivity contribution is 0.0741. The minimum absolute atomic E-state index is 0.0257. The summed E-state index contributed by atoms with van der Waals surface area (Å²) in [5.74, 6) is 0.483. The lowest BCUT2D eigenvalue weighted by Gasteiger charge is -2.21. The van der Waals surface area contributed by atoms with Crippen molar-refractivity contribution in [3.8, 4) is 17.7 Å². The lowest BCUT2D eigenvalue weighted by atomic mass is 10.2. The number of fused-ring (bicyclic) bond motifs is 1. The molecule has 2 N–H and O–H groups in total. The first kappa shape index (κ1) is 18.1. The number of hydrogen-bond acceptors (Lipinski definition) is 8. The Kier molecular flexibility index (Phi) is 4.86. The summed E-state index contributed by atoms with van der Waals surface area (Å²) in [7, 11) is 0. The highest BCUT2D eigenvalue weighted by molar-refractivity contribution is 5.93. The normalized spacial score (nSPS) is 10.7. The summed E-state index contributed by atoms with van der Waals surface area (Å²) < 4.78 is 6.65. The SMILES string of the molecule is N#CCCN(Cc1cccnc1)C(=O)c1cc2nc(-c3ccco3)nn2c(N)n1. The molecule has 0 unspecified atom stereocenters. The summed E-state index contributed by atoms with van der Waals surface area (Å²) in [6, 6.07) is 10.7. The Hall–Kier alpha value is -4.26. The minimum Gasteiger partial charge on any atom is -0.461 e. The third-order valence-corrected chi connectivity index (χ3v) is 4.19. The summed E-state index contributed by atoms with van der Waals surface area (Å²) in [6.07, 6.45) is 5.04. The number of carbonyl (C=O) groups excluding carboxylic acids is 1. The van der Waals surface area contributed by atoms with Crippen LogP contribution in [-0.2, 0) is 6.54 Å². The van der Waals surface area contributed by atoms with E-state index in [4.69, 9.17) is 15.4 Å². The number of amides is 1. The Morgan fingerprint density at radius 1 is 1.31 bits per heavy atom. The zero-order valence-electron chi connectivity index (χ0n) is 15.3. The number of nitriles is 1. The second kappa shape index (κ2) is 7.77. The molecule has 4 heterocycles. The van der Waals surface area contributed by atoms with Gasteiger partial charge in [-0.1, -0.05) is 6.07 Å². The van der Waals surface area contributed by atoms with E-state index in [1.54, 1.807) is 30.6 Å². The van der Waals surface area contributed by atoms with Crippen molar-refractivity contribution in [2.24, 2.45) is 0 Å². The van der Waals surface area contributed by atoms with Crippen LogP contribution in [-0.4, -0.2) is 41.9 Å². The summed E-state index contributed by atoms with van der Waals surface area (Å²) in [4.78, 5) is 27.2. The van der Waals surface area contributed by atoms with Crippen molar-refractivity contribution in [3.05, 3.63) is 60.2 Å². The van der Waals surface area contributed by atoms with Gasteiger partial charge in [-0.25, -0.2) is 9.97 Å². The predicted octanol–water partition coefficient (Wildman–Crippen LogP) is 1.92. The molecule has 4 aromatic rings. The van der Waals surface area contributed by atoms with E-state index in [9.17, 15) is 4.79 Å². The second-order valence-corrected chi connectivity index (χ2v) is 6.18. The van der Waals surface area contributed by atoms with E-state index in [0.717, 1.165) is 5.56 Å². The number of nitrogens with two attached hydrogens (primary N) is 1.